The molecule has 0 atom stereocenters. The van der Waals surface area contributed by atoms with Crippen LogP contribution in [0.15, 0.2) is 100 Å². The van der Waals surface area contributed by atoms with Gasteiger partial charge in [0.1, 0.15) is 17.1 Å². The van der Waals surface area contributed by atoms with Crippen molar-refractivity contribution in [3.8, 4) is 5.75 Å². The number of para-hydroxylation sites is 1. The third-order valence-electron chi connectivity index (χ3n) is 4.49. The first kappa shape index (κ1) is 19.6. The number of rotatable bonds is 5. The van der Waals surface area contributed by atoms with Gasteiger partial charge in [-0.2, -0.15) is 0 Å². The lowest BCUT2D eigenvalue weighted by atomic mass is 10.1. The van der Waals surface area contributed by atoms with Crippen LogP contribution in [0.5, 0.6) is 5.75 Å². The summed E-state index contributed by atoms with van der Waals surface area (Å²) in [4.78, 5) is -0.158. The molecule has 30 heavy (non-hydrogen) atoms. The quantitative estimate of drug-likeness (QED) is 0.379. The largest absolute Gasteiger partial charge is 0.506 e. The second kappa shape index (κ2) is 7.94. The van der Waals surface area contributed by atoms with Crippen LogP contribution in [0.4, 0.5) is 22.7 Å². The number of hydrogen-bond acceptors (Lipinski definition) is 6. The summed E-state index contributed by atoms with van der Waals surface area (Å²) in [5.41, 5.74) is 2.14. The van der Waals surface area contributed by atoms with Crippen LogP contribution in [-0.4, -0.2) is 13.5 Å². The van der Waals surface area contributed by atoms with Crippen LogP contribution < -0.4 is 10.5 Å². The lowest BCUT2D eigenvalue weighted by Gasteiger charge is -2.11. The van der Waals surface area contributed by atoms with Gasteiger partial charge in [0, 0.05) is 11.1 Å². The van der Waals surface area contributed by atoms with Crippen molar-refractivity contribution in [2.45, 2.75) is 4.90 Å². The number of anilines is 2. The van der Waals surface area contributed by atoms with Crippen LogP contribution in [0, 0.1) is 0 Å². The van der Waals surface area contributed by atoms with E-state index in [9.17, 15) is 13.5 Å². The summed E-state index contributed by atoms with van der Waals surface area (Å²) in [5.74, 6) is -0.205. The van der Waals surface area contributed by atoms with Crippen LogP contribution >= 0.6 is 0 Å². The molecule has 0 saturated heterocycles. The molecule has 4 N–H and O–H groups in total. The van der Waals surface area contributed by atoms with E-state index in [0.717, 1.165) is 16.5 Å². The van der Waals surface area contributed by atoms with Crippen molar-refractivity contribution >= 4 is 43.5 Å². The third-order valence-corrected chi connectivity index (χ3v) is 5.40. The average Bonchev–Trinajstić information content (AvgIpc) is 2.74. The molecule has 0 aliphatic carbocycles. The zero-order valence-electron chi connectivity index (χ0n) is 15.7. The molecule has 0 amide bonds. The van der Waals surface area contributed by atoms with E-state index in [1.165, 1.54) is 18.2 Å². The molecule has 0 bridgehead atoms. The molecule has 150 valence electrons. The number of hydrogen-bond donors (Lipinski definition) is 3. The molecular formula is C22H18N4O3S. The highest BCUT2D eigenvalue weighted by Crippen LogP contribution is 2.38. The van der Waals surface area contributed by atoms with E-state index in [2.05, 4.69) is 15.5 Å². The van der Waals surface area contributed by atoms with Crippen molar-refractivity contribution in [2.24, 2.45) is 15.4 Å². The summed E-state index contributed by atoms with van der Waals surface area (Å²) in [6.07, 6.45) is 0. The summed E-state index contributed by atoms with van der Waals surface area (Å²) in [6.45, 7) is 0. The number of benzene rings is 4. The zero-order valence-corrected chi connectivity index (χ0v) is 16.5. The maximum absolute atomic E-state index is 11.6. The monoisotopic (exact) mass is 418 g/mol. The van der Waals surface area contributed by atoms with Gasteiger partial charge < -0.3 is 10.4 Å². The first-order valence-electron chi connectivity index (χ1n) is 9.03. The smallest absolute Gasteiger partial charge is 0.238 e. The van der Waals surface area contributed by atoms with E-state index in [0.29, 0.717) is 11.4 Å². The van der Waals surface area contributed by atoms with E-state index < -0.39 is 10.0 Å². The predicted octanol–water partition coefficient (Wildman–Crippen LogP) is 5.35. The Labute approximate surface area is 173 Å². The van der Waals surface area contributed by atoms with Gasteiger partial charge in [0.15, 0.2) is 0 Å². The number of sulfonamides is 1. The van der Waals surface area contributed by atoms with E-state index in [1.54, 1.807) is 0 Å². The van der Waals surface area contributed by atoms with Gasteiger partial charge in [-0.25, -0.2) is 13.6 Å². The summed E-state index contributed by atoms with van der Waals surface area (Å²) >= 11 is 0. The lowest BCUT2D eigenvalue weighted by molar-refractivity contribution is 0.476. The topological polar surface area (TPSA) is 117 Å². The molecule has 0 aliphatic heterocycles. The van der Waals surface area contributed by atoms with Gasteiger partial charge >= 0.3 is 0 Å². The van der Waals surface area contributed by atoms with Crippen molar-refractivity contribution in [3.05, 3.63) is 84.9 Å². The first-order chi connectivity index (χ1) is 14.4. The van der Waals surface area contributed by atoms with Crippen molar-refractivity contribution in [1.82, 2.24) is 0 Å². The van der Waals surface area contributed by atoms with Crippen LogP contribution in [0.2, 0.25) is 0 Å². The number of phenolic OH excluding ortho intramolecular Hbond substituents is 1. The summed E-state index contributed by atoms with van der Waals surface area (Å²) < 4.78 is 23.2. The number of nitrogens with one attached hydrogen (secondary N) is 1. The Morgan fingerprint density at radius 1 is 0.833 bits per heavy atom. The minimum atomic E-state index is -3.93. The molecule has 0 radical (unpaired) electrons. The number of fused-ring (bicyclic) bond motifs is 1. The number of phenols is 1. The highest BCUT2D eigenvalue weighted by Gasteiger charge is 2.12. The Kier molecular flexibility index (Phi) is 5.18. The average molecular weight is 418 g/mol. The van der Waals surface area contributed by atoms with Crippen molar-refractivity contribution in [2.75, 3.05) is 5.32 Å². The molecule has 7 nitrogen and oxygen atoms in total. The summed E-state index contributed by atoms with van der Waals surface area (Å²) in [6, 6.07) is 24.8. The van der Waals surface area contributed by atoms with E-state index in [-0.39, 0.29) is 16.3 Å². The van der Waals surface area contributed by atoms with Gasteiger partial charge in [0.25, 0.3) is 0 Å². The van der Waals surface area contributed by atoms with Crippen LogP contribution in [0.3, 0.4) is 0 Å². The van der Waals surface area contributed by atoms with Gasteiger partial charge in [-0.15, -0.1) is 10.2 Å². The minimum absolute atomic E-state index is 0.000111. The highest BCUT2D eigenvalue weighted by atomic mass is 32.2. The highest BCUT2D eigenvalue weighted by molar-refractivity contribution is 7.89. The summed E-state index contributed by atoms with van der Waals surface area (Å²) in [7, 11) is -3.93. The van der Waals surface area contributed by atoms with Gasteiger partial charge in [0.2, 0.25) is 10.0 Å². The molecule has 4 aromatic rings. The summed E-state index contributed by atoms with van der Waals surface area (Å²) in [5, 5.41) is 28.9. The van der Waals surface area contributed by atoms with Crippen LogP contribution in [0.25, 0.3) is 10.8 Å². The fourth-order valence-corrected chi connectivity index (χ4v) is 3.54. The van der Waals surface area contributed by atoms with Crippen molar-refractivity contribution in [1.29, 1.82) is 0 Å². The molecule has 0 aromatic heterocycles. The van der Waals surface area contributed by atoms with E-state index in [4.69, 9.17) is 5.14 Å². The van der Waals surface area contributed by atoms with Crippen molar-refractivity contribution < 1.29 is 13.5 Å². The Morgan fingerprint density at radius 3 is 2.33 bits per heavy atom. The molecule has 0 heterocycles. The maximum Gasteiger partial charge on any atom is 0.238 e. The molecule has 0 fully saturated rings. The maximum atomic E-state index is 11.6. The van der Waals surface area contributed by atoms with Gasteiger partial charge in [0.05, 0.1) is 10.6 Å². The van der Waals surface area contributed by atoms with E-state index >= 15 is 0 Å². The van der Waals surface area contributed by atoms with Crippen LogP contribution in [0.1, 0.15) is 0 Å². The number of primary sulfonamides is 1. The SMILES string of the molecule is NS(=O)(=O)c1ccc(O)c(N=Nc2c(Nc3ccccc3)ccc3ccccc23)c1. The molecule has 4 aromatic carbocycles. The number of azo groups is 1. The van der Waals surface area contributed by atoms with Gasteiger partial charge in [-0.1, -0.05) is 48.5 Å². The Hall–Kier alpha value is -3.75. The fraction of sp³-hybridized carbons (Fsp3) is 0. The molecule has 8 heteroatoms. The minimum Gasteiger partial charge on any atom is -0.506 e. The number of aromatic hydroxyl groups is 1. The fourth-order valence-electron chi connectivity index (χ4n) is 3.00. The normalized spacial score (nSPS) is 11.8. The Balaban J connectivity index is 1.82. The first-order valence-corrected chi connectivity index (χ1v) is 10.6. The Bertz CT molecular complexity index is 1350. The van der Waals surface area contributed by atoms with Crippen molar-refractivity contribution in [3.63, 3.8) is 0 Å². The van der Waals surface area contributed by atoms with E-state index in [1.807, 2.05) is 66.7 Å². The molecule has 0 unspecified atom stereocenters. The lowest BCUT2D eigenvalue weighted by Crippen LogP contribution is -2.11. The molecule has 0 saturated carbocycles. The molecule has 0 spiro atoms. The zero-order chi connectivity index (χ0) is 21.1. The second-order valence-electron chi connectivity index (χ2n) is 6.57. The van der Waals surface area contributed by atoms with Gasteiger partial charge in [-0.3, -0.25) is 0 Å². The standard InChI is InChI=1S/C22H18N4O3S/c23-30(28,29)17-11-13-21(27)20(14-17)25-26-22-18-9-5-4-6-15(18)10-12-19(22)24-16-7-2-1-3-8-16/h1-14,24,27H,(H2,23,28,29). The molecule has 0 aliphatic rings. The van der Waals surface area contributed by atoms with Gasteiger partial charge in [-0.05, 0) is 41.8 Å². The number of nitrogens with zero attached hydrogens (tertiary/aromatic N) is 2. The second-order valence-corrected chi connectivity index (χ2v) is 8.13. The molecule has 4 rings (SSSR count). The number of nitrogens with two attached hydrogens (primary N) is 1. The Morgan fingerprint density at radius 2 is 1.57 bits per heavy atom. The third kappa shape index (κ3) is 4.14. The molecular weight excluding hydrogens is 400 g/mol. The van der Waals surface area contributed by atoms with Crippen LogP contribution in [-0.2, 0) is 10.0 Å². The predicted molar refractivity (Wildman–Crippen MR) is 117 cm³/mol.